The number of methoxy groups -OCH3 is 1. The fraction of sp³-hybridized carbons (Fsp3) is 0.417. The normalized spacial score (nSPS) is 10.3. The van der Waals surface area contributed by atoms with Crippen LogP contribution in [0.2, 0.25) is 0 Å². The highest BCUT2D eigenvalue weighted by Gasteiger charge is 2.08. The molecule has 1 amide bonds. The van der Waals surface area contributed by atoms with Crippen LogP contribution in [0.25, 0.3) is 0 Å². The average molecular weight is 346 g/mol. The second-order valence-corrected chi connectivity index (χ2v) is 4.94. The first-order chi connectivity index (χ1) is 9.52. The number of rotatable bonds is 8. The summed E-state index contributed by atoms with van der Waals surface area (Å²) in [4.78, 5) is 21.7. The Morgan fingerprint density at radius 2 is 2.20 bits per heavy atom. The second kappa shape index (κ2) is 8.62. The van der Waals surface area contributed by atoms with Crippen LogP contribution in [0.15, 0.2) is 22.7 Å². The van der Waals surface area contributed by atoms with Crippen molar-refractivity contribution in [3.63, 3.8) is 0 Å². The van der Waals surface area contributed by atoms with Gasteiger partial charge in [-0.05, 0) is 11.6 Å². The van der Waals surface area contributed by atoms with Gasteiger partial charge in [-0.15, -0.1) is 0 Å². The van der Waals surface area contributed by atoms with Crippen molar-refractivity contribution in [2.45, 2.75) is 6.54 Å². The number of nitro benzene ring substituents is 1. The summed E-state index contributed by atoms with van der Waals surface area (Å²) < 4.78 is 5.44. The zero-order valence-corrected chi connectivity index (χ0v) is 12.6. The van der Waals surface area contributed by atoms with Gasteiger partial charge in [-0.3, -0.25) is 14.9 Å². The maximum absolute atomic E-state index is 11.4. The molecule has 0 fully saturated rings. The minimum absolute atomic E-state index is 0.0146. The van der Waals surface area contributed by atoms with E-state index in [2.05, 4.69) is 26.6 Å². The largest absolute Gasteiger partial charge is 0.383 e. The van der Waals surface area contributed by atoms with Crippen molar-refractivity contribution in [3.8, 4) is 0 Å². The van der Waals surface area contributed by atoms with Crippen LogP contribution in [0.1, 0.15) is 5.56 Å². The Hall–Kier alpha value is -1.51. The number of hydrogen-bond acceptors (Lipinski definition) is 5. The molecule has 0 atom stereocenters. The number of halogens is 1. The molecule has 20 heavy (non-hydrogen) atoms. The Labute approximate surface area is 125 Å². The highest BCUT2D eigenvalue weighted by Crippen LogP contribution is 2.21. The maximum atomic E-state index is 11.4. The van der Waals surface area contributed by atoms with Crippen LogP contribution < -0.4 is 10.6 Å². The molecule has 0 aliphatic heterocycles. The molecule has 0 aliphatic carbocycles. The van der Waals surface area contributed by atoms with E-state index in [-0.39, 0.29) is 18.1 Å². The highest BCUT2D eigenvalue weighted by atomic mass is 79.9. The van der Waals surface area contributed by atoms with Gasteiger partial charge in [0.05, 0.1) is 18.1 Å². The molecule has 0 heterocycles. The first-order valence-corrected chi connectivity index (χ1v) is 6.72. The van der Waals surface area contributed by atoms with Crippen LogP contribution in [0.3, 0.4) is 0 Å². The number of amides is 1. The fourth-order valence-corrected chi connectivity index (χ4v) is 2.04. The van der Waals surface area contributed by atoms with Gasteiger partial charge < -0.3 is 15.4 Å². The fourth-order valence-electron chi connectivity index (χ4n) is 1.52. The lowest BCUT2D eigenvalue weighted by molar-refractivity contribution is -0.385. The molecule has 0 radical (unpaired) electrons. The van der Waals surface area contributed by atoms with Crippen LogP contribution in [0.5, 0.6) is 0 Å². The Kier molecular flexibility index (Phi) is 7.13. The number of benzene rings is 1. The molecule has 110 valence electrons. The van der Waals surface area contributed by atoms with Gasteiger partial charge >= 0.3 is 0 Å². The van der Waals surface area contributed by atoms with Crippen LogP contribution >= 0.6 is 15.9 Å². The van der Waals surface area contributed by atoms with E-state index in [1.54, 1.807) is 13.2 Å². The molecule has 1 rings (SSSR count). The predicted octanol–water partition coefficient (Wildman–Crippen LogP) is 1.21. The Morgan fingerprint density at radius 1 is 1.45 bits per heavy atom. The number of ether oxygens (including phenoxy) is 1. The Balaban J connectivity index is 2.42. The molecule has 1 aromatic carbocycles. The van der Waals surface area contributed by atoms with Crippen LogP contribution in [-0.2, 0) is 16.1 Å². The summed E-state index contributed by atoms with van der Waals surface area (Å²) in [6, 6.07) is 4.67. The first-order valence-electron chi connectivity index (χ1n) is 5.93. The number of nitro groups is 1. The molecule has 1 aromatic rings. The van der Waals surface area contributed by atoms with E-state index in [0.29, 0.717) is 24.2 Å². The molecule has 0 saturated carbocycles. The molecule has 0 spiro atoms. The molecular formula is C12H16BrN3O4. The lowest BCUT2D eigenvalue weighted by atomic mass is 10.2. The minimum atomic E-state index is -0.453. The van der Waals surface area contributed by atoms with Crippen molar-refractivity contribution in [1.29, 1.82) is 0 Å². The van der Waals surface area contributed by atoms with Crippen molar-refractivity contribution < 1.29 is 14.5 Å². The summed E-state index contributed by atoms with van der Waals surface area (Å²) in [7, 11) is 1.56. The van der Waals surface area contributed by atoms with Gasteiger partial charge in [0.2, 0.25) is 5.91 Å². The van der Waals surface area contributed by atoms with Crippen molar-refractivity contribution in [1.82, 2.24) is 10.6 Å². The Morgan fingerprint density at radius 3 is 2.85 bits per heavy atom. The number of nitrogens with one attached hydrogen (secondary N) is 2. The molecule has 0 aliphatic rings. The van der Waals surface area contributed by atoms with Gasteiger partial charge in [-0.1, -0.05) is 15.9 Å². The quantitative estimate of drug-likeness (QED) is 0.419. The SMILES string of the molecule is COCCNC(=O)CNCc1cc(Br)cc([N+](=O)[O-])c1. The average Bonchev–Trinajstić information content (AvgIpc) is 2.38. The minimum Gasteiger partial charge on any atom is -0.383 e. The van der Waals surface area contributed by atoms with Gasteiger partial charge in [-0.25, -0.2) is 0 Å². The predicted molar refractivity (Wildman–Crippen MR) is 77.4 cm³/mol. The zero-order chi connectivity index (χ0) is 15.0. The van der Waals surface area contributed by atoms with E-state index < -0.39 is 4.92 Å². The van der Waals surface area contributed by atoms with Gasteiger partial charge in [-0.2, -0.15) is 0 Å². The lowest BCUT2D eigenvalue weighted by Gasteiger charge is -2.07. The second-order valence-electron chi connectivity index (χ2n) is 4.02. The van der Waals surface area contributed by atoms with Crippen molar-refractivity contribution in [2.24, 2.45) is 0 Å². The third kappa shape index (κ3) is 6.09. The van der Waals surface area contributed by atoms with Crippen LogP contribution in [-0.4, -0.2) is 37.6 Å². The van der Waals surface area contributed by atoms with Crippen molar-refractivity contribution in [2.75, 3.05) is 26.8 Å². The summed E-state index contributed by atoms with van der Waals surface area (Å²) in [5, 5.41) is 16.3. The number of carbonyl (C=O) groups excluding carboxylic acids is 1. The molecule has 0 bridgehead atoms. The van der Waals surface area contributed by atoms with Gasteiger partial charge in [0.15, 0.2) is 0 Å². The third-order valence-electron chi connectivity index (χ3n) is 2.40. The molecule has 0 saturated heterocycles. The number of nitrogens with zero attached hydrogens (tertiary/aromatic N) is 1. The molecular weight excluding hydrogens is 330 g/mol. The summed E-state index contributed by atoms with van der Waals surface area (Å²) in [5.74, 6) is -0.147. The number of non-ortho nitro benzene ring substituents is 1. The van der Waals surface area contributed by atoms with E-state index in [1.807, 2.05) is 0 Å². The van der Waals surface area contributed by atoms with E-state index in [0.717, 1.165) is 5.56 Å². The smallest absolute Gasteiger partial charge is 0.270 e. The number of carbonyl (C=O) groups is 1. The van der Waals surface area contributed by atoms with Crippen molar-refractivity contribution >= 4 is 27.5 Å². The standard InChI is InChI=1S/C12H16BrN3O4/c1-20-3-2-15-12(17)8-14-7-9-4-10(13)6-11(5-9)16(18)19/h4-6,14H,2-3,7-8H2,1H3,(H,15,17). The molecule has 0 unspecified atom stereocenters. The third-order valence-corrected chi connectivity index (χ3v) is 2.85. The molecule has 8 heteroatoms. The topological polar surface area (TPSA) is 93.5 Å². The molecule has 7 nitrogen and oxygen atoms in total. The monoisotopic (exact) mass is 345 g/mol. The van der Waals surface area contributed by atoms with Gasteiger partial charge in [0.1, 0.15) is 0 Å². The summed E-state index contributed by atoms with van der Waals surface area (Å²) >= 11 is 3.22. The number of hydrogen-bond donors (Lipinski definition) is 2. The van der Waals surface area contributed by atoms with Crippen LogP contribution in [0, 0.1) is 10.1 Å². The zero-order valence-electron chi connectivity index (χ0n) is 11.0. The maximum Gasteiger partial charge on any atom is 0.270 e. The summed E-state index contributed by atoms with van der Waals surface area (Å²) in [6.07, 6.45) is 0. The first kappa shape index (κ1) is 16.5. The lowest BCUT2D eigenvalue weighted by Crippen LogP contribution is -2.35. The van der Waals surface area contributed by atoms with Crippen LogP contribution in [0.4, 0.5) is 5.69 Å². The van der Waals surface area contributed by atoms with E-state index >= 15 is 0 Å². The highest BCUT2D eigenvalue weighted by molar-refractivity contribution is 9.10. The van der Waals surface area contributed by atoms with E-state index in [1.165, 1.54) is 12.1 Å². The van der Waals surface area contributed by atoms with E-state index in [4.69, 9.17) is 4.74 Å². The summed E-state index contributed by atoms with van der Waals surface area (Å²) in [6.45, 7) is 1.44. The van der Waals surface area contributed by atoms with Gasteiger partial charge in [0, 0.05) is 36.8 Å². The molecule has 0 aromatic heterocycles. The van der Waals surface area contributed by atoms with Crippen molar-refractivity contribution in [3.05, 3.63) is 38.3 Å². The van der Waals surface area contributed by atoms with Gasteiger partial charge in [0.25, 0.3) is 5.69 Å². The Bertz CT molecular complexity index is 482. The summed E-state index contributed by atoms with van der Waals surface area (Å²) in [5.41, 5.74) is 0.747. The van der Waals surface area contributed by atoms with E-state index in [9.17, 15) is 14.9 Å². The molecule has 2 N–H and O–H groups in total.